The fourth-order valence-electron chi connectivity index (χ4n) is 1.29. The predicted molar refractivity (Wildman–Crippen MR) is 68.2 cm³/mol. The Hall–Kier alpha value is -2.56. The van der Waals surface area contributed by atoms with E-state index in [2.05, 4.69) is 31.1 Å². The van der Waals surface area contributed by atoms with Crippen molar-refractivity contribution in [3.05, 3.63) is 16.9 Å². The van der Waals surface area contributed by atoms with Crippen molar-refractivity contribution in [1.82, 2.24) is 30.5 Å². The molecule has 3 N–H and O–H groups in total. The van der Waals surface area contributed by atoms with Crippen molar-refractivity contribution >= 4 is 28.5 Å². The number of hydrogen-bond donors (Lipinski definition) is 3. The van der Waals surface area contributed by atoms with Crippen LogP contribution in [0.15, 0.2) is 6.20 Å². The fourth-order valence-corrected chi connectivity index (χ4v) is 1.88. The first-order valence-corrected chi connectivity index (χ1v) is 6.30. The van der Waals surface area contributed by atoms with Crippen molar-refractivity contribution < 1.29 is 14.7 Å². The molecule has 0 fully saturated rings. The van der Waals surface area contributed by atoms with E-state index >= 15 is 0 Å². The van der Waals surface area contributed by atoms with Crippen LogP contribution in [0.1, 0.15) is 10.7 Å². The van der Waals surface area contributed by atoms with Gasteiger partial charge in [-0.25, -0.2) is 9.48 Å². The molecule has 0 aliphatic rings. The highest BCUT2D eigenvalue weighted by molar-refractivity contribution is 7.15. The molecule has 2 heterocycles. The molecular formula is C9H11N7O3S. The summed E-state index contributed by atoms with van der Waals surface area (Å²) in [5.74, 6) is -1.02. The van der Waals surface area contributed by atoms with Crippen LogP contribution in [0.4, 0.5) is 9.93 Å². The van der Waals surface area contributed by atoms with E-state index in [1.54, 1.807) is 6.92 Å². The molecule has 2 rings (SSSR count). The number of aryl methyl sites for hydroxylation is 1. The lowest BCUT2D eigenvalue weighted by molar-refractivity contribution is -0.137. The Morgan fingerprint density at radius 1 is 1.40 bits per heavy atom. The maximum absolute atomic E-state index is 11.5. The Balaban J connectivity index is 1.81. The third-order valence-corrected chi connectivity index (χ3v) is 2.81. The van der Waals surface area contributed by atoms with Crippen molar-refractivity contribution in [3.8, 4) is 0 Å². The molecule has 10 nitrogen and oxygen atoms in total. The number of carbonyl (C=O) groups excluding carboxylic acids is 1. The second kappa shape index (κ2) is 6.06. The Kier molecular flexibility index (Phi) is 4.20. The van der Waals surface area contributed by atoms with E-state index in [0.29, 0.717) is 10.8 Å². The average molecular weight is 297 g/mol. The monoisotopic (exact) mass is 297 g/mol. The molecular weight excluding hydrogens is 286 g/mol. The lowest BCUT2D eigenvalue weighted by Gasteiger charge is -2.01. The summed E-state index contributed by atoms with van der Waals surface area (Å²) in [7, 11) is 0. The first-order chi connectivity index (χ1) is 9.52. The largest absolute Gasteiger partial charge is 0.480 e. The molecule has 0 saturated carbocycles. The predicted octanol–water partition coefficient (Wildman–Crippen LogP) is -0.156. The molecule has 0 bridgehead atoms. The normalized spacial score (nSPS) is 10.2. The van der Waals surface area contributed by atoms with Crippen LogP contribution in [-0.2, 0) is 17.9 Å². The number of anilines is 1. The molecule has 0 atom stereocenters. The minimum Gasteiger partial charge on any atom is -0.480 e. The summed E-state index contributed by atoms with van der Waals surface area (Å²) >= 11 is 1.26. The van der Waals surface area contributed by atoms with Gasteiger partial charge in [0.15, 0.2) is 0 Å². The number of urea groups is 1. The van der Waals surface area contributed by atoms with Gasteiger partial charge in [0.25, 0.3) is 0 Å². The van der Waals surface area contributed by atoms with Crippen molar-refractivity contribution in [1.29, 1.82) is 0 Å². The molecule has 20 heavy (non-hydrogen) atoms. The summed E-state index contributed by atoms with van der Waals surface area (Å²) in [5, 5.41) is 29.7. The highest BCUT2D eigenvalue weighted by atomic mass is 32.1. The lowest BCUT2D eigenvalue weighted by atomic mass is 10.5. The number of nitrogens with zero attached hydrogens (tertiary/aromatic N) is 5. The molecule has 0 spiro atoms. The molecule has 0 aromatic carbocycles. The number of amides is 2. The third-order valence-electron chi connectivity index (χ3n) is 2.06. The standard InChI is InChI=1S/C9H11N7O3S/c1-5-12-14-9(20-5)11-8(19)10-2-6-3-16(15-13-6)4-7(17)18/h3H,2,4H2,1H3,(H,17,18)(H2,10,11,14,19). The second-order valence-corrected chi connectivity index (χ2v) is 4.92. The van der Waals surface area contributed by atoms with Gasteiger partial charge in [-0.2, -0.15) is 0 Å². The molecule has 0 saturated heterocycles. The van der Waals surface area contributed by atoms with Gasteiger partial charge < -0.3 is 10.4 Å². The lowest BCUT2D eigenvalue weighted by Crippen LogP contribution is -2.28. The number of aromatic nitrogens is 5. The van der Waals surface area contributed by atoms with Crippen molar-refractivity contribution in [2.45, 2.75) is 20.0 Å². The smallest absolute Gasteiger partial charge is 0.325 e. The Morgan fingerprint density at radius 3 is 2.85 bits per heavy atom. The van der Waals surface area contributed by atoms with Crippen LogP contribution in [0.25, 0.3) is 0 Å². The fraction of sp³-hybridized carbons (Fsp3) is 0.333. The first-order valence-electron chi connectivity index (χ1n) is 5.48. The van der Waals surface area contributed by atoms with E-state index in [1.165, 1.54) is 22.2 Å². The van der Waals surface area contributed by atoms with Gasteiger partial charge in [0.1, 0.15) is 17.2 Å². The highest BCUT2D eigenvalue weighted by Gasteiger charge is 2.08. The number of carboxylic acid groups (broad SMARTS) is 1. The zero-order valence-corrected chi connectivity index (χ0v) is 11.2. The van der Waals surface area contributed by atoms with Crippen LogP contribution < -0.4 is 10.6 Å². The Morgan fingerprint density at radius 2 is 2.20 bits per heavy atom. The number of hydrogen-bond acceptors (Lipinski definition) is 7. The second-order valence-electron chi connectivity index (χ2n) is 3.74. The summed E-state index contributed by atoms with van der Waals surface area (Å²) in [6.07, 6.45) is 1.45. The summed E-state index contributed by atoms with van der Waals surface area (Å²) < 4.78 is 1.17. The van der Waals surface area contributed by atoms with E-state index < -0.39 is 12.0 Å². The average Bonchev–Trinajstić information content (AvgIpc) is 2.96. The highest BCUT2D eigenvalue weighted by Crippen LogP contribution is 2.12. The zero-order chi connectivity index (χ0) is 14.5. The van der Waals surface area contributed by atoms with Gasteiger partial charge in [-0.05, 0) is 6.92 Å². The number of carboxylic acids is 1. The van der Waals surface area contributed by atoms with E-state index in [1.807, 2.05) is 0 Å². The summed E-state index contributed by atoms with van der Waals surface area (Å²) in [6.45, 7) is 1.63. The van der Waals surface area contributed by atoms with Crippen LogP contribution in [0.3, 0.4) is 0 Å². The number of carbonyl (C=O) groups is 2. The van der Waals surface area contributed by atoms with Gasteiger partial charge in [0, 0.05) is 0 Å². The van der Waals surface area contributed by atoms with Crippen molar-refractivity contribution in [2.24, 2.45) is 0 Å². The SMILES string of the molecule is Cc1nnc(NC(=O)NCc2cn(CC(=O)O)nn2)s1. The van der Waals surface area contributed by atoms with Crippen LogP contribution >= 0.6 is 11.3 Å². The van der Waals surface area contributed by atoms with Gasteiger partial charge in [-0.15, -0.1) is 15.3 Å². The number of rotatable bonds is 5. The van der Waals surface area contributed by atoms with Crippen LogP contribution in [0.2, 0.25) is 0 Å². The van der Waals surface area contributed by atoms with Crippen LogP contribution in [0, 0.1) is 6.92 Å². The molecule has 0 aliphatic heterocycles. The summed E-state index contributed by atoms with van der Waals surface area (Å²) in [4.78, 5) is 22.0. The topological polar surface area (TPSA) is 135 Å². The zero-order valence-electron chi connectivity index (χ0n) is 10.4. The first kappa shape index (κ1) is 13.9. The molecule has 11 heteroatoms. The molecule has 106 valence electrons. The van der Waals surface area contributed by atoms with Gasteiger partial charge in [-0.3, -0.25) is 10.1 Å². The maximum Gasteiger partial charge on any atom is 0.325 e. The quantitative estimate of drug-likeness (QED) is 0.698. The molecule has 2 amide bonds. The number of nitrogens with one attached hydrogen (secondary N) is 2. The van der Waals surface area contributed by atoms with Crippen molar-refractivity contribution in [2.75, 3.05) is 5.32 Å². The van der Waals surface area contributed by atoms with Gasteiger partial charge in [-0.1, -0.05) is 16.6 Å². The molecule has 2 aromatic heterocycles. The van der Waals surface area contributed by atoms with E-state index in [-0.39, 0.29) is 13.1 Å². The van der Waals surface area contributed by atoms with Gasteiger partial charge in [0.05, 0.1) is 12.7 Å². The minimum atomic E-state index is -1.02. The van der Waals surface area contributed by atoms with Gasteiger partial charge in [0.2, 0.25) is 5.13 Å². The summed E-state index contributed by atoms with van der Waals surface area (Å²) in [5.41, 5.74) is 0.454. The van der Waals surface area contributed by atoms with E-state index in [0.717, 1.165) is 5.01 Å². The van der Waals surface area contributed by atoms with Crippen molar-refractivity contribution in [3.63, 3.8) is 0 Å². The third kappa shape index (κ3) is 3.98. The summed E-state index contributed by atoms with van der Waals surface area (Å²) in [6, 6.07) is -0.450. The minimum absolute atomic E-state index is 0.128. The molecule has 0 radical (unpaired) electrons. The van der Waals surface area contributed by atoms with E-state index in [4.69, 9.17) is 5.11 Å². The Labute approximate surface area is 116 Å². The Bertz CT molecular complexity index is 623. The van der Waals surface area contributed by atoms with E-state index in [9.17, 15) is 9.59 Å². The molecule has 0 aliphatic carbocycles. The molecule has 2 aromatic rings. The van der Waals surface area contributed by atoms with Gasteiger partial charge >= 0.3 is 12.0 Å². The molecule has 0 unspecified atom stereocenters. The number of aliphatic carboxylic acids is 1. The van der Waals surface area contributed by atoms with Crippen LogP contribution in [-0.4, -0.2) is 42.3 Å². The van der Waals surface area contributed by atoms with Crippen LogP contribution in [0.5, 0.6) is 0 Å². The maximum atomic E-state index is 11.5.